The number of piperidine rings is 1. The van der Waals surface area contributed by atoms with Crippen LogP contribution in [0.5, 0.6) is 0 Å². The van der Waals surface area contributed by atoms with Gasteiger partial charge in [-0.3, -0.25) is 14.4 Å². The maximum atomic E-state index is 12.4. The zero-order valence-corrected chi connectivity index (χ0v) is 13.0. The standard InChI is InChI=1S/C17H21NO4.FH/c1-18-13-7-11(8-14(18)16-15(13)22-16)21-17(20)12(9-19)10-5-3-2-4-6-10;/h2-6,11-16,19H,7-9H2,1H3;1H/t11-,12-,13-,14+,15-,16+;/m1./s1. The fourth-order valence-corrected chi connectivity index (χ4v) is 4.04. The summed E-state index contributed by atoms with van der Waals surface area (Å²) in [6.45, 7) is -0.226. The first-order valence-corrected chi connectivity index (χ1v) is 7.92. The van der Waals surface area contributed by atoms with Crippen LogP contribution in [0.15, 0.2) is 30.3 Å². The Balaban J connectivity index is 0.00000156. The number of aliphatic hydroxyl groups excluding tert-OH is 1. The Bertz CT molecular complexity index is 551. The molecule has 0 saturated carbocycles. The molecule has 3 heterocycles. The second kappa shape index (κ2) is 6.19. The minimum absolute atomic E-state index is 0. The van der Waals surface area contributed by atoms with Crippen molar-refractivity contribution < 1.29 is 24.1 Å². The molecule has 3 fully saturated rings. The smallest absolute Gasteiger partial charge is 0.316 e. The summed E-state index contributed by atoms with van der Waals surface area (Å²) >= 11 is 0. The molecule has 1 aromatic carbocycles. The van der Waals surface area contributed by atoms with E-state index in [2.05, 4.69) is 11.9 Å². The lowest BCUT2D eigenvalue weighted by Crippen LogP contribution is -2.48. The Morgan fingerprint density at radius 2 is 1.91 bits per heavy atom. The maximum absolute atomic E-state index is 12.4. The number of nitrogens with zero attached hydrogens (tertiary/aromatic N) is 1. The molecule has 0 aliphatic carbocycles. The summed E-state index contributed by atoms with van der Waals surface area (Å²) in [5.74, 6) is -0.915. The van der Waals surface area contributed by atoms with Crippen molar-refractivity contribution in [1.29, 1.82) is 0 Å². The molecule has 0 amide bonds. The monoisotopic (exact) mass is 323 g/mol. The van der Waals surface area contributed by atoms with Crippen LogP contribution in [-0.2, 0) is 14.3 Å². The van der Waals surface area contributed by atoms with Crippen molar-refractivity contribution in [3.63, 3.8) is 0 Å². The van der Waals surface area contributed by atoms with Crippen LogP contribution in [0, 0.1) is 0 Å². The molecular formula is C17H22FNO4. The third-order valence-electron chi connectivity index (χ3n) is 5.33. The highest BCUT2D eigenvalue weighted by atomic mass is 19.0. The second-order valence-corrected chi connectivity index (χ2v) is 6.54. The molecule has 0 spiro atoms. The number of epoxide rings is 1. The Labute approximate surface area is 134 Å². The van der Waals surface area contributed by atoms with Crippen molar-refractivity contribution in [2.24, 2.45) is 0 Å². The minimum Gasteiger partial charge on any atom is -0.462 e. The highest BCUT2D eigenvalue weighted by Crippen LogP contribution is 2.48. The molecular weight excluding hydrogens is 301 g/mol. The van der Waals surface area contributed by atoms with Gasteiger partial charge in [0.05, 0.1) is 6.61 Å². The first-order chi connectivity index (χ1) is 10.7. The van der Waals surface area contributed by atoms with Gasteiger partial charge >= 0.3 is 5.97 Å². The SMILES string of the molecule is CN1[C@@H]2C[C@@H](OC(=O)[C@H](CO)c3ccccc3)C[C@H]1[C@@H]1O[C@@H]12.F. The van der Waals surface area contributed by atoms with Gasteiger partial charge in [-0.2, -0.15) is 0 Å². The molecule has 3 aliphatic rings. The Morgan fingerprint density at radius 3 is 2.48 bits per heavy atom. The van der Waals surface area contributed by atoms with E-state index in [1.165, 1.54) is 0 Å². The van der Waals surface area contributed by atoms with Crippen LogP contribution in [0.25, 0.3) is 0 Å². The van der Waals surface area contributed by atoms with Gasteiger partial charge in [0.15, 0.2) is 0 Å². The second-order valence-electron chi connectivity index (χ2n) is 6.54. The van der Waals surface area contributed by atoms with E-state index in [9.17, 15) is 9.90 Å². The van der Waals surface area contributed by atoms with Gasteiger partial charge in [0, 0.05) is 24.9 Å². The number of ether oxygens (including phenoxy) is 2. The lowest BCUT2D eigenvalue weighted by atomic mass is 9.97. The highest BCUT2D eigenvalue weighted by molar-refractivity contribution is 5.78. The van der Waals surface area contributed by atoms with Crippen LogP contribution in [-0.4, -0.2) is 60.0 Å². The lowest BCUT2D eigenvalue weighted by molar-refractivity contribution is -0.156. The summed E-state index contributed by atoms with van der Waals surface area (Å²) in [4.78, 5) is 14.8. The summed E-state index contributed by atoms with van der Waals surface area (Å²) in [6.07, 6.45) is 2.26. The van der Waals surface area contributed by atoms with Gasteiger partial charge in [0.2, 0.25) is 0 Å². The fraction of sp³-hybridized carbons (Fsp3) is 0.588. The van der Waals surface area contributed by atoms with Crippen molar-refractivity contribution in [1.82, 2.24) is 4.90 Å². The summed E-state index contributed by atoms with van der Waals surface area (Å²) in [6, 6.07) is 10.1. The van der Waals surface area contributed by atoms with Gasteiger partial charge in [0.25, 0.3) is 0 Å². The number of hydrogen-bond acceptors (Lipinski definition) is 5. The number of carbonyl (C=O) groups excluding carboxylic acids is 1. The topological polar surface area (TPSA) is 62.3 Å². The molecule has 0 aromatic heterocycles. The van der Waals surface area contributed by atoms with Crippen LogP contribution in [0.2, 0.25) is 0 Å². The zero-order chi connectivity index (χ0) is 15.3. The van der Waals surface area contributed by atoms with Gasteiger partial charge in [-0.1, -0.05) is 30.3 Å². The molecule has 5 nitrogen and oxygen atoms in total. The summed E-state index contributed by atoms with van der Waals surface area (Å²) in [7, 11) is 2.13. The van der Waals surface area contributed by atoms with Gasteiger partial charge in [0.1, 0.15) is 24.2 Å². The number of halogens is 1. The van der Waals surface area contributed by atoms with Crippen LogP contribution in [0.3, 0.4) is 0 Å². The third-order valence-corrected chi connectivity index (χ3v) is 5.33. The van der Waals surface area contributed by atoms with Gasteiger partial charge in [-0.05, 0) is 12.6 Å². The molecule has 3 saturated heterocycles. The predicted molar refractivity (Wildman–Crippen MR) is 81.9 cm³/mol. The minimum atomic E-state index is -0.593. The summed E-state index contributed by atoms with van der Waals surface area (Å²) in [5.41, 5.74) is 0.803. The van der Waals surface area contributed by atoms with Gasteiger partial charge < -0.3 is 14.6 Å². The average molecular weight is 323 g/mol. The molecule has 0 unspecified atom stereocenters. The molecule has 4 rings (SSSR count). The van der Waals surface area contributed by atoms with Gasteiger partial charge in [-0.15, -0.1) is 0 Å². The van der Waals surface area contributed by atoms with E-state index >= 15 is 0 Å². The Morgan fingerprint density at radius 1 is 1.30 bits per heavy atom. The molecule has 3 aliphatic heterocycles. The van der Waals surface area contributed by atoms with Crippen LogP contribution in [0.4, 0.5) is 4.70 Å². The molecule has 1 N–H and O–H groups in total. The molecule has 126 valence electrons. The number of fused-ring (bicyclic) bond motifs is 5. The average Bonchev–Trinajstić information content (AvgIpc) is 3.27. The lowest BCUT2D eigenvalue weighted by Gasteiger charge is -2.38. The summed E-state index contributed by atoms with van der Waals surface area (Å²) in [5, 5.41) is 9.56. The highest BCUT2D eigenvalue weighted by Gasteiger charge is 2.62. The van der Waals surface area contributed by atoms with E-state index in [0.717, 1.165) is 18.4 Å². The molecule has 23 heavy (non-hydrogen) atoms. The maximum Gasteiger partial charge on any atom is 0.316 e. The van der Waals surface area contributed by atoms with E-state index in [4.69, 9.17) is 9.47 Å². The van der Waals surface area contributed by atoms with Crippen LogP contribution < -0.4 is 0 Å². The zero-order valence-electron chi connectivity index (χ0n) is 13.0. The number of benzene rings is 1. The quantitative estimate of drug-likeness (QED) is 0.663. The van der Waals surface area contributed by atoms with Gasteiger partial charge in [-0.25, -0.2) is 0 Å². The number of carbonyl (C=O) groups is 1. The molecule has 1 aromatic rings. The van der Waals surface area contributed by atoms with E-state index in [1.54, 1.807) is 0 Å². The molecule has 6 atom stereocenters. The number of hydrogen-bond donors (Lipinski definition) is 1. The van der Waals surface area contributed by atoms with Crippen molar-refractivity contribution in [2.45, 2.75) is 49.2 Å². The van der Waals surface area contributed by atoms with Crippen molar-refractivity contribution in [2.75, 3.05) is 13.7 Å². The normalized spacial score (nSPS) is 35.8. The largest absolute Gasteiger partial charge is 0.462 e. The van der Waals surface area contributed by atoms with E-state index in [-0.39, 0.29) is 23.4 Å². The van der Waals surface area contributed by atoms with Crippen LogP contribution in [0.1, 0.15) is 24.3 Å². The van der Waals surface area contributed by atoms with E-state index in [1.807, 2.05) is 30.3 Å². The van der Waals surface area contributed by atoms with E-state index < -0.39 is 5.92 Å². The van der Waals surface area contributed by atoms with Crippen molar-refractivity contribution in [3.8, 4) is 0 Å². The van der Waals surface area contributed by atoms with Crippen LogP contribution >= 0.6 is 0 Å². The van der Waals surface area contributed by atoms with Crippen molar-refractivity contribution in [3.05, 3.63) is 35.9 Å². The Kier molecular flexibility index (Phi) is 4.40. The molecule has 6 heteroatoms. The van der Waals surface area contributed by atoms with Crippen molar-refractivity contribution >= 4 is 5.97 Å². The predicted octanol–water partition coefficient (Wildman–Crippen LogP) is 1.07. The number of aliphatic hydroxyl groups is 1. The summed E-state index contributed by atoms with van der Waals surface area (Å²) < 4.78 is 11.4. The number of esters is 1. The Hall–Kier alpha value is -1.50. The number of rotatable bonds is 4. The third kappa shape index (κ3) is 2.75. The fourth-order valence-electron chi connectivity index (χ4n) is 4.04. The molecule has 0 radical (unpaired) electrons. The molecule has 2 bridgehead atoms. The van der Waals surface area contributed by atoms with E-state index in [0.29, 0.717) is 24.3 Å². The first-order valence-electron chi connectivity index (χ1n) is 7.92. The first kappa shape index (κ1) is 16.4. The number of likely N-dealkylation sites (N-methyl/N-ethyl adjacent to an activating group) is 1. The number of morpholine rings is 1.